The minimum Gasteiger partial charge on any atom is -0.465 e. The molecule has 308 valence electrons. The summed E-state index contributed by atoms with van der Waals surface area (Å²) >= 11 is 0. The van der Waals surface area contributed by atoms with Crippen molar-refractivity contribution in [3.8, 4) is 0 Å². The Morgan fingerprint density at radius 1 is 0.500 bits per heavy atom. The number of hydrogen-bond donors (Lipinski definition) is 1. The van der Waals surface area contributed by atoms with Gasteiger partial charge in [-0.3, -0.25) is 14.4 Å². The topological polar surface area (TPSA) is 102 Å². The number of ether oxygens (including phenoxy) is 3. The van der Waals surface area contributed by atoms with Crippen molar-refractivity contribution in [3.05, 3.63) is 0 Å². The molecule has 0 aromatic rings. The molecule has 0 aliphatic rings. The number of esters is 3. The van der Waals surface area contributed by atoms with Crippen LogP contribution in [0.4, 0.5) is 0 Å². The second-order valence-corrected chi connectivity index (χ2v) is 17.0. The second-order valence-electron chi connectivity index (χ2n) is 14.3. The third-order valence-electron chi connectivity index (χ3n) is 9.48. The molecule has 0 aromatic heterocycles. The number of carbonyl (C=O) groups excluding carboxylic acids is 3. The number of hydrogen-bond acceptors (Lipinski definition) is 10. The van der Waals surface area contributed by atoms with Crippen LogP contribution in [0.5, 0.6) is 0 Å². The summed E-state index contributed by atoms with van der Waals surface area (Å²) in [5, 5.41) is 9.22. The molecule has 0 aliphatic heterocycles. The summed E-state index contributed by atoms with van der Waals surface area (Å²) in [4.78, 5) is 39.9. The molecule has 0 rings (SSSR count). The van der Waals surface area contributed by atoms with E-state index in [2.05, 4.69) is 25.7 Å². The standard InChI is InChI=1S/C42H81NO7S2/c1-4-7-10-13-16-17-20-25-37-51-52-38-36-49-41(46)29-32-43(30-23-24-33-44)31-28-40(45)48-34-35-50-42(47)39(26-21-18-14-11-8-5-2)27-22-19-15-12-9-6-3/h39,44H,4-38H2,1-3H3. The summed E-state index contributed by atoms with van der Waals surface area (Å²) in [6, 6.07) is 0. The van der Waals surface area contributed by atoms with E-state index >= 15 is 0 Å². The van der Waals surface area contributed by atoms with Gasteiger partial charge < -0.3 is 24.2 Å². The van der Waals surface area contributed by atoms with Gasteiger partial charge in [-0.05, 0) is 38.6 Å². The van der Waals surface area contributed by atoms with Crippen molar-refractivity contribution in [1.29, 1.82) is 0 Å². The summed E-state index contributed by atoms with van der Waals surface area (Å²) in [5.41, 5.74) is 0. The van der Waals surface area contributed by atoms with Crippen LogP contribution in [0.3, 0.4) is 0 Å². The van der Waals surface area contributed by atoms with Gasteiger partial charge in [0.1, 0.15) is 19.8 Å². The number of carbonyl (C=O) groups is 3. The Bertz CT molecular complexity index is 788. The van der Waals surface area contributed by atoms with E-state index in [0.717, 1.165) is 56.5 Å². The van der Waals surface area contributed by atoms with Gasteiger partial charge in [0.2, 0.25) is 0 Å². The Morgan fingerprint density at radius 2 is 0.942 bits per heavy atom. The zero-order valence-electron chi connectivity index (χ0n) is 34.0. The summed E-state index contributed by atoms with van der Waals surface area (Å²) in [5.74, 6) is 1.13. The quantitative estimate of drug-likeness (QED) is 0.0279. The lowest BCUT2D eigenvalue weighted by molar-refractivity contribution is -0.155. The van der Waals surface area contributed by atoms with Gasteiger partial charge in [0.15, 0.2) is 0 Å². The largest absolute Gasteiger partial charge is 0.465 e. The van der Waals surface area contributed by atoms with E-state index in [-0.39, 0.29) is 56.5 Å². The highest BCUT2D eigenvalue weighted by molar-refractivity contribution is 8.76. The van der Waals surface area contributed by atoms with Crippen molar-refractivity contribution >= 4 is 39.5 Å². The number of rotatable bonds is 41. The van der Waals surface area contributed by atoms with Crippen molar-refractivity contribution in [3.63, 3.8) is 0 Å². The van der Waals surface area contributed by atoms with Gasteiger partial charge in [-0.25, -0.2) is 0 Å². The van der Waals surface area contributed by atoms with Gasteiger partial charge in [-0.1, -0.05) is 164 Å². The van der Waals surface area contributed by atoms with E-state index in [4.69, 9.17) is 14.2 Å². The highest BCUT2D eigenvalue weighted by Gasteiger charge is 2.20. The summed E-state index contributed by atoms with van der Waals surface area (Å²) in [6.45, 7) is 8.99. The van der Waals surface area contributed by atoms with Crippen molar-refractivity contribution in [2.75, 3.05) is 57.6 Å². The SMILES string of the molecule is CCCCCCCCCCSSCCOC(=O)CCN(CCCCO)CCC(=O)OCCOC(=O)C(CCCCCCCC)CCCCCCCC. The van der Waals surface area contributed by atoms with Crippen LogP contribution in [-0.4, -0.2) is 85.5 Å². The van der Waals surface area contributed by atoms with Gasteiger partial charge >= 0.3 is 17.9 Å². The molecule has 0 atom stereocenters. The first kappa shape index (κ1) is 51.0. The lowest BCUT2D eigenvalue weighted by Crippen LogP contribution is -2.31. The maximum atomic E-state index is 12.9. The minimum atomic E-state index is -0.344. The first-order valence-corrected chi connectivity index (χ1v) is 24.0. The van der Waals surface area contributed by atoms with Crippen LogP contribution >= 0.6 is 21.6 Å². The molecule has 10 heteroatoms. The molecule has 0 aliphatic carbocycles. The van der Waals surface area contributed by atoms with Crippen molar-refractivity contribution in [2.45, 2.75) is 188 Å². The van der Waals surface area contributed by atoms with E-state index in [1.54, 1.807) is 10.8 Å². The average Bonchev–Trinajstić information content (AvgIpc) is 3.14. The van der Waals surface area contributed by atoms with Crippen LogP contribution in [0.2, 0.25) is 0 Å². The molecule has 0 amide bonds. The predicted octanol–water partition coefficient (Wildman–Crippen LogP) is 11.1. The number of unbranched alkanes of at least 4 members (excludes halogenated alkanes) is 18. The van der Waals surface area contributed by atoms with E-state index in [1.807, 2.05) is 10.8 Å². The van der Waals surface area contributed by atoms with E-state index in [0.29, 0.717) is 32.7 Å². The summed E-state index contributed by atoms with van der Waals surface area (Å²) in [7, 11) is 3.63. The molecule has 1 N–H and O–H groups in total. The second kappa shape index (κ2) is 41.2. The molecule has 0 bridgehead atoms. The molecular weight excluding hydrogens is 695 g/mol. The molecule has 8 nitrogen and oxygen atoms in total. The fraction of sp³-hybridized carbons (Fsp3) is 0.929. The minimum absolute atomic E-state index is 0.0532. The van der Waals surface area contributed by atoms with Crippen LogP contribution < -0.4 is 0 Å². The molecule has 0 heterocycles. The van der Waals surface area contributed by atoms with Gasteiger partial charge in [-0.2, -0.15) is 0 Å². The molecule has 52 heavy (non-hydrogen) atoms. The zero-order valence-corrected chi connectivity index (χ0v) is 35.6. The van der Waals surface area contributed by atoms with Gasteiger partial charge in [-0.15, -0.1) is 0 Å². The molecule has 0 saturated heterocycles. The van der Waals surface area contributed by atoms with E-state index < -0.39 is 0 Å². The molecule has 0 radical (unpaired) electrons. The van der Waals surface area contributed by atoms with Crippen LogP contribution in [-0.2, 0) is 28.6 Å². The molecule has 0 saturated carbocycles. The Morgan fingerprint density at radius 3 is 1.46 bits per heavy atom. The first-order chi connectivity index (χ1) is 25.5. The van der Waals surface area contributed by atoms with Crippen molar-refractivity contribution < 1.29 is 33.7 Å². The van der Waals surface area contributed by atoms with Gasteiger partial charge in [0.05, 0.1) is 18.8 Å². The van der Waals surface area contributed by atoms with Crippen LogP contribution in [0, 0.1) is 5.92 Å². The van der Waals surface area contributed by atoms with Crippen molar-refractivity contribution in [1.82, 2.24) is 4.90 Å². The summed E-state index contributed by atoms with van der Waals surface area (Å²) in [6.07, 6.45) is 28.7. The Kier molecular flexibility index (Phi) is 40.4. The number of nitrogens with zero attached hydrogens (tertiary/aromatic N) is 1. The van der Waals surface area contributed by atoms with Gasteiger partial charge in [0, 0.05) is 31.2 Å². The summed E-state index contributed by atoms with van der Waals surface area (Å²) < 4.78 is 16.4. The Hall–Kier alpha value is -0.970. The smallest absolute Gasteiger partial charge is 0.309 e. The highest BCUT2D eigenvalue weighted by Crippen LogP contribution is 2.23. The maximum absolute atomic E-state index is 12.9. The van der Waals surface area contributed by atoms with Crippen LogP contribution in [0.1, 0.15) is 188 Å². The highest BCUT2D eigenvalue weighted by atomic mass is 33.1. The number of aliphatic hydroxyl groups is 1. The fourth-order valence-corrected chi connectivity index (χ4v) is 8.14. The predicted molar refractivity (Wildman–Crippen MR) is 222 cm³/mol. The molecular formula is C42H81NO7S2. The third kappa shape index (κ3) is 36.0. The average molecular weight is 776 g/mol. The molecule has 0 fully saturated rings. The molecule has 0 aromatic carbocycles. The lowest BCUT2D eigenvalue weighted by atomic mass is 9.94. The molecule has 0 unspecified atom stereocenters. The third-order valence-corrected chi connectivity index (χ3v) is 11.9. The number of aliphatic hydroxyl groups excluding tert-OH is 1. The van der Waals surface area contributed by atoms with Crippen LogP contribution in [0.25, 0.3) is 0 Å². The fourth-order valence-electron chi connectivity index (χ4n) is 6.17. The van der Waals surface area contributed by atoms with Gasteiger partial charge in [0.25, 0.3) is 0 Å². The zero-order chi connectivity index (χ0) is 38.2. The maximum Gasteiger partial charge on any atom is 0.309 e. The molecule has 0 spiro atoms. The van der Waals surface area contributed by atoms with Crippen LogP contribution in [0.15, 0.2) is 0 Å². The van der Waals surface area contributed by atoms with E-state index in [1.165, 1.54) is 103 Å². The Labute approximate surface area is 328 Å². The van der Waals surface area contributed by atoms with Crippen molar-refractivity contribution in [2.24, 2.45) is 5.92 Å². The monoisotopic (exact) mass is 776 g/mol. The normalized spacial score (nSPS) is 11.4. The van der Waals surface area contributed by atoms with E-state index in [9.17, 15) is 19.5 Å². The lowest BCUT2D eigenvalue weighted by Gasteiger charge is -2.21. The first-order valence-electron chi connectivity index (χ1n) is 21.5. The Balaban J connectivity index is 4.31.